The van der Waals surface area contributed by atoms with Crippen LogP contribution in [0.1, 0.15) is 19.4 Å². The Labute approximate surface area is 95.7 Å². The summed E-state index contributed by atoms with van der Waals surface area (Å²) >= 11 is 0. The maximum Gasteiger partial charge on any atom is 0.134 e. The molecule has 0 saturated heterocycles. The van der Waals surface area contributed by atoms with Gasteiger partial charge in [0.15, 0.2) is 0 Å². The van der Waals surface area contributed by atoms with Crippen LogP contribution in [-0.4, -0.2) is 0 Å². The molecule has 1 heteroatoms. The first-order chi connectivity index (χ1) is 7.66. The van der Waals surface area contributed by atoms with E-state index in [1.54, 1.807) is 0 Å². The molecule has 0 unspecified atom stereocenters. The molecule has 0 atom stereocenters. The van der Waals surface area contributed by atoms with Crippen molar-refractivity contribution in [3.63, 3.8) is 0 Å². The molecule has 0 N–H and O–H groups in total. The summed E-state index contributed by atoms with van der Waals surface area (Å²) in [4.78, 5) is 0. The molecule has 0 radical (unpaired) electrons. The minimum atomic E-state index is 0.122. The third kappa shape index (κ3) is 1.40. The van der Waals surface area contributed by atoms with E-state index in [-0.39, 0.29) is 5.41 Å². The summed E-state index contributed by atoms with van der Waals surface area (Å²) in [5.74, 6) is 0.948. The summed E-state index contributed by atoms with van der Waals surface area (Å²) in [6.45, 7) is 4.43. The van der Waals surface area contributed by atoms with Crippen LogP contribution in [0.25, 0.3) is 5.57 Å². The van der Waals surface area contributed by atoms with Crippen molar-refractivity contribution in [2.75, 3.05) is 0 Å². The average molecular weight is 210 g/mol. The van der Waals surface area contributed by atoms with Crippen molar-refractivity contribution in [2.24, 2.45) is 5.41 Å². The van der Waals surface area contributed by atoms with E-state index in [1.165, 1.54) is 11.1 Å². The van der Waals surface area contributed by atoms with Crippen LogP contribution in [0.4, 0.5) is 0 Å². The molecule has 1 nitrogen and oxygen atoms in total. The van der Waals surface area contributed by atoms with E-state index in [0.717, 1.165) is 11.3 Å². The summed E-state index contributed by atoms with van der Waals surface area (Å²) in [5.41, 5.74) is 3.77. The van der Waals surface area contributed by atoms with Gasteiger partial charge in [0.1, 0.15) is 5.75 Å². The number of ether oxygens (including phenoxy) is 1. The third-order valence-corrected chi connectivity index (χ3v) is 3.01. The van der Waals surface area contributed by atoms with E-state index in [2.05, 4.69) is 44.2 Å². The van der Waals surface area contributed by atoms with Crippen molar-refractivity contribution in [1.29, 1.82) is 0 Å². The molecule has 0 amide bonds. The fourth-order valence-corrected chi connectivity index (χ4v) is 2.15. The highest BCUT2D eigenvalue weighted by Gasteiger charge is 2.23. The largest absolute Gasteiger partial charge is 0.464 e. The number of benzene rings is 1. The highest BCUT2D eigenvalue weighted by molar-refractivity contribution is 5.87. The molecular weight excluding hydrogens is 196 g/mol. The zero-order valence-electron chi connectivity index (χ0n) is 9.53. The second-order valence-electron chi connectivity index (χ2n) is 4.90. The molecule has 80 valence electrons. The first-order valence-electron chi connectivity index (χ1n) is 5.54. The van der Waals surface area contributed by atoms with E-state index >= 15 is 0 Å². The first-order valence-corrected chi connectivity index (χ1v) is 5.54. The van der Waals surface area contributed by atoms with Gasteiger partial charge in [0.2, 0.25) is 0 Å². The van der Waals surface area contributed by atoms with E-state index in [4.69, 9.17) is 4.74 Å². The van der Waals surface area contributed by atoms with Gasteiger partial charge in [-0.25, -0.2) is 0 Å². The lowest BCUT2D eigenvalue weighted by Gasteiger charge is -2.27. The Morgan fingerprint density at radius 2 is 1.94 bits per heavy atom. The van der Waals surface area contributed by atoms with Gasteiger partial charge in [-0.1, -0.05) is 50.3 Å². The first kappa shape index (κ1) is 9.46. The van der Waals surface area contributed by atoms with Gasteiger partial charge >= 0.3 is 0 Å². The topological polar surface area (TPSA) is 9.23 Å². The number of hydrogen-bond acceptors (Lipinski definition) is 1. The van der Waals surface area contributed by atoms with E-state index in [1.807, 2.05) is 18.4 Å². The molecule has 2 aliphatic rings. The number of allylic oxidation sites excluding steroid dienone is 5. The Morgan fingerprint density at radius 1 is 1.12 bits per heavy atom. The Kier molecular flexibility index (Phi) is 1.84. The standard InChI is InChI=1S/C15H14O/c1-15(2)8-7-11-10-16-14-6-4-3-5-12(14)13(11)9-15/h3-10H,1-2H3. The van der Waals surface area contributed by atoms with Crippen LogP contribution in [0.15, 0.2) is 54.3 Å². The highest BCUT2D eigenvalue weighted by Crippen LogP contribution is 2.41. The van der Waals surface area contributed by atoms with Crippen LogP contribution >= 0.6 is 0 Å². The Balaban J connectivity index is 2.19. The fraction of sp³-hybridized carbons (Fsp3) is 0.200. The molecule has 0 saturated carbocycles. The van der Waals surface area contributed by atoms with E-state index in [9.17, 15) is 0 Å². The Bertz CT molecular complexity index is 530. The molecule has 16 heavy (non-hydrogen) atoms. The van der Waals surface area contributed by atoms with Gasteiger partial charge < -0.3 is 4.74 Å². The predicted molar refractivity (Wildman–Crippen MR) is 66.1 cm³/mol. The minimum Gasteiger partial charge on any atom is -0.464 e. The van der Waals surface area contributed by atoms with Gasteiger partial charge in [0.25, 0.3) is 0 Å². The van der Waals surface area contributed by atoms with Crippen LogP contribution in [0, 0.1) is 5.41 Å². The summed E-state index contributed by atoms with van der Waals surface area (Å²) < 4.78 is 5.61. The summed E-state index contributed by atoms with van der Waals surface area (Å²) in [6.07, 6.45) is 8.49. The van der Waals surface area contributed by atoms with E-state index in [0.29, 0.717) is 0 Å². The summed E-state index contributed by atoms with van der Waals surface area (Å²) in [5, 5.41) is 0. The number of fused-ring (bicyclic) bond motifs is 3. The van der Waals surface area contributed by atoms with E-state index < -0.39 is 0 Å². The monoisotopic (exact) mass is 210 g/mol. The molecular formula is C15H14O. The number of rotatable bonds is 0. The molecule has 0 fully saturated rings. The lowest BCUT2D eigenvalue weighted by molar-refractivity contribution is 0.471. The molecule has 1 aromatic rings. The predicted octanol–water partition coefficient (Wildman–Crippen LogP) is 3.94. The fourth-order valence-electron chi connectivity index (χ4n) is 2.15. The average Bonchev–Trinajstić information content (AvgIpc) is 2.28. The number of para-hydroxylation sites is 1. The third-order valence-electron chi connectivity index (χ3n) is 3.01. The molecule has 0 spiro atoms. The van der Waals surface area contributed by atoms with Gasteiger partial charge in [-0.05, 0) is 11.6 Å². The summed E-state index contributed by atoms with van der Waals surface area (Å²) in [7, 11) is 0. The zero-order valence-corrected chi connectivity index (χ0v) is 9.53. The summed E-state index contributed by atoms with van der Waals surface area (Å²) in [6, 6.07) is 8.18. The molecule has 3 rings (SSSR count). The second kappa shape index (κ2) is 3.11. The molecule has 1 aliphatic heterocycles. The van der Waals surface area contributed by atoms with Gasteiger partial charge in [-0.15, -0.1) is 0 Å². The molecule has 1 heterocycles. The Hall–Kier alpha value is -1.76. The van der Waals surface area contributed by atoms with Crippen molar-refractivity contribution >= 4 is 5.57 Å². The van der Waals surface area contributed by atoms with Crippen molar-refractivity contribution in [3.8, 4) is 5.75 Å². The normalized spacial score (nSPS) is 20.1. The van der Waals surface area contributed by atoms with Crippen molar-refractivity contribution in [2.45, 2.75) is 13.8 Å². The number of hydrogen-bond donors (Lipinski definition) is 0. The van der Waals surface area contributed by atoms with Crippen LogP contribution in [0.2, 0.25) is 0 Å². The molecule has 1 aliphatic carbocycles. The van der Waals surface area contributed by atoms with Gasteiger partial charge in [-0.3, -0.25) is 0 Å². The van der Waals surface area contributed by atoms with Crippen molar-refractivity contribution in [1.82, 2.24) is 0 Å². The van der Waals surface area contributed by atoms with Crippen LogP contribution in [-0.2, 0) is 0 Å². The SMILES string of the molecule is CC1(C)C=CC2=COc3ccccc3C2=C1. The van der Waals surface area contributed by atoms with Crippen molar-refractivity contribution < 1.29 is 4.74 Å². The maximum atomic E-state index is 5.61. The second-order valence-corrected chi connectivity index (χ2v) is 4.90. The lowest BCUT2D eigenvalue weighted by Crippen LogP contribution is -2.12. The van der Waals surface area contributed by atoms with Crippen molar-refractivity contribution in [3.05, 3.63) is 59.9 Å². The van der Waals surface area contributed by atoms with Crippen LogP contribution in [0.5, 0.6) is 5.75 Å². The Morgan fingerprint density at radius 3 is 2.81 bits per heavy atom. The molecule has 0 bridgehead atoms. The minimum absolute atomic E-state index is 0.122. The lowest BCUT2D eigenvalue weighted by atomic mass is 9.80. The van der Waals surface area contributed by atoms with Gasteiger partial charge in [-0.2, -0.15) is 0 Å². The smallest absolute Gasteiger partial charge is 0.134 e. The van der Waals surface area contributed by atoms with Crippen LogP contribution in [0.3, 0.4) is 0 Å². The van der Waals surface area contributed by atoms with Gasteiger partial charge in [0.05, 0.1) is 6.26 Å². The molecule has 1 aromatic carbocycles. The van der Waals surface area contributed by atoms with Gasteiger partial charge in [0, 0.05) is 16.6 Å². The molecule has 0 aromatic heterocycles. The zero-order chi connectivity index (χ0) is 11.2. The highest BCUT2D eigenvalue weighted by atomic mass is 16.5. The van der Waals surface area contributed by atoms with Crippen LogP contribution < -0.4 is 4.74 Å². The quantitative estimate of drug-likeness (QED) is 0.630. The maximum absolute atomic E-state index is 5.61.